The molecule has 1 saturated carbocycles. The summed E-state index contributed by atoms with van der Waals surface area (Å²) in [6.07, 6.45) is 4.10. The molecule has 2 heterocycles. The molecule has 0 spiro atoms. The fourth-order valence-corrected chi connectivity index (χ4v) is 4.63. The lowest BCUT2D eigenvalue weighted by atomic mass is 10.00. The Balaban J connectivity index is 1.14. The van der Waals surface area contributed by atoms with Crippen LogP contribution in [0.1, 0.15) is 29.5 Å². The summed E-state index contributed by atoms with van der Waals surface area (Å²) in [5, 5.41) is 19.8. The van der Waals surface area contributed by atoms with E-state index in [1.807, 2.05) is 43.4 Å². The van der Waals surface area contributed by atoms with Gasteiger partial charge in [0.25, 0.3) is 0 Å². The van der Waals surface area contributed by atoms with Crippen LogP contribution in [-0.4, -0.2) is 48.0 Å². The number of oxazole rings is 1. The number of ether oxygens (including phenoxy) is 1. The number of hydrogen-bond acceptors (Lipinski definition) is 7. The third-order valence-corrected chi connectivity index (χ3v) is 6.91. The first-order chi connectivity index (χ1) is 16.6. The zero-order valence-corrected chi connectivity index (χ0v) is 19.2. The van der Waals surface area contributed by atoms with Crippen molar-refractivity contribution in [2.45, 2.75) is 49.6 Å². The van der Waals surface area contributed by atoms with Crippen molar-refractivity contribution >= 4 is 6.09 Å². The lowest BCUT2D eigenvalue weighted by Crippen LogP contribution is -2.41. The van der Waals surface area contributed by atoms with Crippen molar-refractivity contribution in [1.29, 1.82) is 0 Å². The van der Waals surface area contributed by atoms with E-state index in [1.54, 1.807) is 6.20 Å². The highest BCUT2D eigenvalue weighted by Gasteiger charge is 2.42. The van der Waals surface area contributed by atoms with Gasteiger partial charge in [-0.15, -0.1) is 0 Å². The van der Waals surface area contributed by atoms with E-state index in [0.717, 1.165) is 29.5 Å². The molecule has 4 N–H and O–H groups in total. The molecule has 8 nitrogen and oxygen atoms in total. The minimum Gasteiger partial charge on any atom is -0.444 e. The van der Waals surface area contributed by atoms with Gasteiger partial charge in [0.15, 0.2) is 12.2 Å². The van der Waals surface area contributed by atoms with Crippen molar-refractivity contribution in [3.63, 3.8) is 0 Å². The van der Waals surface area contributed by atoms with Gasteiger partial charge in [-0.1, -0.05) is 48.5 Å². The van der Waals surface area contributed by atoms with Gasteiger partial charge in [0.1, 0.15) is 12.2 Å². The highest BCUT2D eigenvalue weighted by Crippen LogP contribution is 2.44. The van der Waals surface area contributed by atoms with Crippen LogP contribution in [0.3, 0.4) is 0 Å². The fourth-order valence-electron chi connectivity index (χ4n) is 4.63. The van der Waals surface area contributed by atoms with Gasteiger partial charge in [0.2, 0.25) is 0 Å². The number of carbonyl (C=O) groups is 1. The lowest BCUT2D eigenvalue weighted by Gasteiger charge is -2.22. The third-order valence-electron chi connectivity index (χ3n) is 6.91. The molecule has 34 heavy (non-hydrogen) atoms. The standard InChI is InChI=1S/C26H30N4O4/c1-27-26(10-11-26)20-8-4-18(5-9-20)13-30-25(32)34-24-21(29-14-22(24)31)12-17-2-6-19(7-3-17)23-15-28-16-33-23/h2-9,15-16,21-22,24,27,29,31H,10-14H2,1H3,(H,30,32)/t21-,22+,24+/m1/s1. The number of aliphatic hydroxyl groups is 1. The van der Waals surface area contributed by atoms with Crippen LogP contribution < -0.4 is 16.0 Å². The van der Waals surface area contributed by atoms with Gasteiger partial charge >= 0.3 is 6.09 Å². The number of alkyl carbamates (subject to hydrolysis) is 1. The van der Waals surface area contributed by atoms with Crippen molar-refractivity contribution in [3.8, 4) is 11.3 Å². The van der Waals surface area contributed by atoms with E-state index in [-0.39, 0.29) is 11.6 Å². The number of amides is 1. The normalized spacial score (nSPS) is 22.9. The summed E-state index contributed by atoms with van der Waals surface area (Å²) in [4.78, 5) is 16.4. The molecule has 0 bridgehead atoms. The van der Waals surface area contributed by atoms with E-state index in [4.69, 9.17) is 9.15 Å². The predicted molar refractivity (Wildman–Crippen MR) is 127 cm³/mol. The fraction of sp³-hybridized carbons (Fsp3) is 0.385. The van der Waals surface area contributed by atoms with Gasteiger partial charge in [-0.2, -0.15) is 0 Å². The quantitative estimate of drug-likeness (QED) is 0.408. The molecule has 3 atom stereocenters. The van der Waals surface area contributed by atoms with Gasteiger partial charge in [-0.3, -0.25) is 0 Å². The van der Waals surface area contributed by atoms with Crippen LogP contribution in [0.5, 0.6) is 0 Å². The molecule has 3 aromatic rings. The topological polar surface area (TPSA) is 109 Å². The highest BCUT2D eigenvalue weighted by molar-refractivity contribution is 5.67. The summed E-state index contributed by atoms with van der Waals surface area (Å²) in [7, 11) is 1.99. The monoisotopic (exact) mass is 462 g/mol. The van der Waals surface area contributed by atoms with Crippen molar-refractivity contribution in [2.75, 3.05) is 13.6 Å². The second-order valence-corrected chi connectivity index (χ2v) is 9.10. The average Bonchev–Trinajstić information content (AvgIpc) is 3.33. The Kier molecular flexibility index (Phi) is 6.36. The molecular formula is C26H30N4O4. The van der Waals surface area contributed by atoms with E-state index in [2.05, 4.69) is 33.1 Å². The summed E-state index contributed by atoms with van der Waals surface area (Å²) < 4.78 is 10.9. The molecule has 0 unspecified atom stereocenters. The molecule has 8 heteroatoms. The minimum absolute atomic E-state index is 0.127. The van der Waals surface area contributed by atoms with Crippen LogP contribution >= 0.6 is 0 Å². The Morgan fingerprint density at radius 2 is 1.91 bits per heavy atom. The van der Waals surface area contributed by atoms with E-state index in [1.165, 1.54) is 12.0 Å². The first-order valence-corrected chi connectivity index (χ1v) is 11.7. The van der Waals surface area contributed by atoms with E-state index < -0.39 is 18.3 Å². The van der Waals surface area contributed by atoms with Gasteiger partial charge < -0.3 is 30.2 Å². The maximum absolute atomic E-state index is 12.5. The predicted octanol–water partition coefficient (Wildman–Crippen LogP) is 2.72. The number of rotatable bonds is 8. The van der Waals surface area contributed by atoms with Crippen molar-refractivity contribution in [2.24, 2.45) is 0 Å². The number of hydrogen-bond donors (Lipinski definition) is 4. The van der Waals surface area contributed by atoms with E-state index in [0.29, 0.717) is 25.3 Å². The smallest absolute Gasteiger partial charge is 0.407 e. The second kappa shape index (κ2) is 9.58. The number of carbonyl (C=O) groups excluding carboxylic acids is 1. The third kappa shape index (κ3) is 4.84. The molecule has 0 radical (unpaired) electrons. The van der Waals surface area contributed by atoms with Crippen molar-refractivity contribution in [3.05, 3.63) is 77.8 Å². The number of nitrogens with one attached hydrogen (secondary N) is 3. The van der Waals surface area contributed by atoms with Crippen molar-refractivity contribution in [1.82, 2.24) is 20.9 Å². The van der Waals surface area contributed by atoms with Gasteiger partial charge in [-0.05, 0) is 43.0 Å². The summed E-state index contributed by atoms with van der Waals surface area (Å²) in [6.45, 7) is 0.753. The molecule has 2 aliphatic rings. The van der Waals surface area contributed by atoms with E-state index >= 15 is 0 Å². The number of β-amino-alcohol motifs (C(OH)–C–C–N with tert-alkyl or cyclic N) is 1. The Bertz CT molecular complexity index is 1090. The maximum atomic E-state index is 12.5. The Morgan fingerprint density at radius 3 is 2.56 bits per heavy atom. The lowest BCUT2D eigenvalue weighted by molar-refractivity contribution is 0.0188. The second-order valence-electron chi connectivity index (χ2n) is 9.10. The van der Waals surface area contributed by atoms with Crippen molar-refractivity contribution < 1.29 is 19.1 Å². The Hall–Kier alpha value is -3.20. The largest absolute Gasteiger partial charge is 0.444 e. The summed E-state index contributed by atoms with van der Waals surface area (Å²) in [5.74, 6) is 0.711. The molecule has 178 valence electrons. The zero-order valence-electron chi connectivity index (χ0n) is 19.2. The van der Waals surface area contributed by atoms with Crippen LogP contribution in [0.4, 0.5) is 4.79 Å². The summed E-state index contributed by atoms with van der Waals surface area (Å²) in [5.41, 5.74) is 4.42. The average molecular weight is 463 g/mol. The SMILES string of the molecule is CNC1(c2ccc(CNC(=O)O[C@@H]3[C@@H](O)CN[C@@H]3Cc3ccc(-c4cnco4)cc3)cc2)CC1. The van der Waals surface area contributed by atoms with Crippen LogP contribution in [0.2, 0.25) is 0 Å². The minimum atomic E-state index is -0.750. The van der Waals surface area contributed by atoms with Crippen LogP contribution in [0, 0.1) is 0 Å². The number of nitrogens with zero attached hydrogens (tertiary/aromatic N) is 1. The van der Waals surface area contributed by atoms with Crippen LogP contribution in [0.25, 0.3) is 11.3 Å². The van der Waals surface area contributed by atoms with Gasteiger partial charge in [-0.25, -0.2) is 9.78 Å². The van der Waals surface area contributed by atoms with Crippen LogP contribution in [0.15, 0.2) is 65.5 Å². The number of aliphatic hydroxyl groups excluding tert-OH is 1. The molecular weight excluding hydrogens is 432 g/mol. The number of aromatic nitrogens is 1. The molecule has 1 aliphatic heterocycles. The molecule has 2 aromatic carbocycles. The van der Waals surface area contributed by atoms with Gasteiger partial charge in [0, 0.05) is 24.2 Å². The first kappa shape index (κ1) is 22.6. The molecule has 1 saturated heterocycles. The number of benzene rings is 2. The molecule has 1 amide bonds. The maximum Gasteiger partial charge on any atom is 0.407 e. The molecule has 2 fully saturated rings. The zero-order chi connectivity index (χ0) is 23.5. The molecule has 5 rings (SSSR count). The van der Waals surface area contributed by atoms with E-state index in [9.17, 15) is 9.90 Å². The summed E-state index contributed by atoms with van der Waals surface area (Å²) in [6, 6.07) is 16.1. The molecule has 1 aromatic heterocycles. The first-order valence-electron chi connectivity index (χ1n) is 11.7. The summed E-state index contributed by atoms with van der Waals surface area (Å²) >= 11 is 0. The Labute approximate surface area is 198 Å². The molecule has 1 aliphatic carbocycles. The highest BCUT2D eigenvalue weighted by atomic mass is 16.6. The van der Waals surface area contributed by atoms with Gasteiger partial charge in [0.05, 0.1) is 12.2 Å². The van der Waals surface area contributed by atoms with Crippen LogP contribution in [-0.2, 0) is 23.2 Å². The Morgan fingerprint density at radius 1 is 1.18 bits per heavy atom.